The second kappa shape index (κ2) is 4.71. The molecular formula is C10H14FN3O2. The molecule has 0 spiro atoms. The Labute approximate surface area is 92.6 Å². The molecule has 0 radical (unpaired) electrons. The maximum absolute atomic E-state index is 12.6. The molecule has 0 unspecified atom stereocenters. The van der Waals surface area contributed by atoms with E-state index in [1.54, 1.807) is 4.90 Å². The molecule has 0 aromatic carbocycles. The van der Waals surface area contributed by atoms with E-state index < -0.39 is 11.9 Å². The lowest BCUT2D eigenvalue weighted by Crippen LogP contribution is -2.45. The zero-order chi connectivity index (χ0) is 11.5. The quantitative estimate of drug-likeness (QED) is 0.732. The Hall–Kier alpha value is -1.27. The molecule has 2 rings (SSSR count). The first-order valence-electron chi connectivity index (χ1n) is 5.22. The van der Waals surface area contributed by atoms with Gasteiger partial charge in [-0.2, -0.15) is 0 Å². The molecule has 1 aliphatic rings. The van der Waals surface area contributed by atoms with Crippen molar-refractivity contribution in [2.24, 2.45) is 5.92 Å². The van der Waals surface area contributed by atoms with Gasteiger partial charge in [-0.3, -0.25) is 0 Å². The normalized spacial score (nSPS) is 25.8. The molecule has 1 aromatic rings. The zero-order valence-electron chi connectivity index (χ0n) is 8.75. The number of hydrogen-bond donors (Lipinski definition) is 2. The van der Waals surface area contributed by atoms with Gasteiger partial charge in [0.15, 0.2) is 5.82 Å². The monoisotopic (exact) mass is 227 g/mol. The van der Waals surface area contributed by atoms with Crippen molar-refractivity contribution in [2.45, 2.75) is 12.5 Å². The van der Waals surface area contributed by atoms with Crippen molar-refractivity contribution in [1.29, 1.82) is 0 Å². The predicted octanol–water partition coefficient (Wildman–Crippen LogP) is -0.205. The van der Waals surface area contributed by atoms with Gasteiger partial charge in [-0.15, -0.1) is 0 Å². The average Bonchev–Trinajstić information content (AvgIpc) is 2.30. The minimum absolute atomic E-state index is 0.0146. The van der Waals surface area contributed by atoms with Crippen molar-refractivity contribution in [1.82, 2.24) is 9.97 Å². The minimum atomic E-state index is -0.590. The first kappa shape index (κ1) is 11.2. The van der Waals surface area contributed by atoms with Gasteiger partial charge < -0.3 is 15.1 Å². The van der Waals surface area contributed by atoms with Gasteiger partial charge >= 0.3 is 0 Å². The smallest absolute Gasteiger partial charge is 0.225 e. The fraction of sp³-hybridized carbons (Fsp3) is 0.600. The summed E-state index contributed by atoms with van der Waals surface area (Å²) < 4.78 is 12.6. The van der Waals surface area contributed by atoms with Crippen molar-refractivity contribution >= 4 is 5.95 Å². The number of hydrogen-bond acceptors (Lipinski definition) is 5. The standard InChI is InChI=1S/C10H14FN3O2/c11-8-3-12-10(13-4-8)14-2-1-7(6-15)9(16)5-14/h3-4,7,9,15-16H,1-2,5-6H2/t7-,9+/m1/s1. The van der Waals surface area contributed by atoms with Crippen LogP contribution in [0, 0.1) is 11.7 Å². The van der Waals surface area contributed by atoms with Crippen LogP contribution in [0.1, 0.15) is 6.42 Å². The van der Waals surface area contributed by atoms with Crippen LogP contribution in [-0.2, 0) is 0 Å². The van der Waals surface area contributed by atoms with Gasteiger partial charge in [0, 0.05) is 25.6 Å². The third-order valence-electron chi connectivity index (χ3n) is 2.85. The summed E-state index contributed by atoms with van der Waals surface area (Å²) in [7, 11) is 0. The molecule has 0 amide bonds. The molecule has 1 saturated heterocycles. The summed E-state index contributed by atoms with van der Waals surface area (Å²) in [5, 5.41) is 18.7. The maximum Gasteiger partial charge on any atom is 0.225 e. The summed E-state index contributed by atoms with van der Waals surface area (Å²) in [5.41, 5.74) is 0. The SMILES string of the molecule is OC[C@H]1CCN(c2ncc(F)cn2)C[C@@H]1O. The molecule has 88 valence electrons. The van der Waals surface area contributed by atoms with Crippen molar-refractivity contribution in [3.8, 4) is 0 Å². The van der Waals surface area contributed by atoms with Gasteiger partial charge in [-0.05, 0) is 6.42 Å². The van der Waals surface area contributed by atoms with Crippen molar-refractivity contribution in [3.05, 3.63) is 18.2 Å². The minimum Gasteiger partial charge on any atom is -0.396 e. The lowest BCUT2D eigenvalue weighted by molar-refractivity contribution is 0.0544. The van der Waals surface area contributed by atoms with Crippen LogP contribution in [0.25, 0.3) is 0 Å². The van der Waals surface area contributed by atoms with E-state index in [2.05, 4.69) is 9.97 Å². The van der Waals surface area contributed by atoms with Gasteiger partial charge in [0.2, 0.25) is 5.95 Å². The van der Waals surface area contributed by atoms with E-state index in [1.807, 2.05) is 0 Å². The van der Waals surface area contributed by atoms with Crippen LogP contribution in [0.3, 0.4) is 0 Å². The van der Waals surface area contributed by atoms with E-state index in [9.17, 15) is 9.50 Å². The largest absolute Gasteiger partial charge is 0.396 e. The Bertz CT molecular complexity index is 346. The number of anilines is 1. The van der Waals surface area contributed by atoms with E-state index in [0.717, 1.165) is 12.4 Å². The summed E-state index contributed by atoms with van der Waals surface area (Å²) in [4.78, 5) is 9.49. The number of rotatable bonds is 2. The molecule has 0 bridgehead atoms. The molecule has 5 nitrogen and oxygen atoms in total. The highest BCUT2D eigenvalue weighted by Gasteiger charge is 2.28. The van der Waals surface area contributed by atoms with Crippen molar-refractivity contribution in [3.63, 3.8) is 0 Å². The van der Waals surface area contributed by atoms with E-state index in [1.165, 1.54) is 0 Å². The van der Waals surface area contributed by atoms with Gasteiger partial charge in [0.25, 0.3) is 0 Å². The third kappa shape index (κ3) is 2.28. The van der Waals surface area contributed by atoms with Gasteiger partial charge in [-0.25, -0.2) is 14.4 Å². The third-order valence-corrected chi connectivity index (χ3v) is 2.85. The molecule has 2 heterocycles. The lowest BCUT2D eigenvalue weighted by Gasteiger charge is -2.34. The molecule has 1 fully saturated rings. The molecule has 16 heavy (non-hydrogen) atoms. The lowest BCUT2D eigenvalue weighted by atomic mass is 9.95. The Morgan fingerprint density at radius 1 is 1.44 bits per heavy atom. The highest BCUT2D eigenvalue weighted by atomic mass is 19.1. The summed E-state index contributed by atoms with van der Waals surface area (Å²) in [6, 6.07) is 0. The molecule has 6 heteroatoms. The van der Waals surface area contributed by atoms with Crippen LogP contribution in [-0.4, -0.2) is 46.0 Å². The fourth-order valence-corrected chi connectivity index (χ4v) is 1.84. The Morgan fingerprint density at radius 3 is 2.69 bits per heavy atom. The summed E-state index contributed by atoms with van der Waals surface area (Å²) in [6.07, 6.45) is 2.30. The average molecular weight is 227 g/mol. The first-order valence-corrected chi connectivity index (χ1v) is 5.22. The number of nitrogens with zero attached hydrogens (tertiary/aromatic N) is 3. The van der Waals surface area contributed by atoms with Crippen molar-refractivity contribution in [2.75, 3.05) is 24.6 Å². The highest BCUT2D eigenvalue weighted by Crippen LogP contribution is 2.20. The van der Waals surface area contributed by atoms with Crippen LogP contribution in [0.5, 0.6) is 0 Å². The summed E-state index contributed by atoms with van der Waals surface area (Å²) >= 11 is 0. The predicted molar refractivity (Wildman–Crippen MR) is 55.4 cm³/mol. The van der Waals surface area contributed by atoms with Crippen molar-refractivity contribution < 1.29 is 14.6 Å². The number of β-amino-alcohol motifs (C(OH)–C–C–N with tert-alkyl or cyclic N) is 1. The van der Waals surface area contributed by atoms with Crippen LogP contribution < -0.4 is 4.90 Å². The summed E-state index contributed by atoms with van der Waals surface area (Å²) in [5.74, 6) is -0.150. The van der Waals surface area contributed by atoms with Gasteiger partial charge in [0.05, 0.1) is 18.5 Å². The second-order valence-corrected chi connectivity index (χ2v) is 3.95. The summed E-state index contributed by atoms with van der Waals surface area (Å²) in [6.45, 7) is 1.02. The topological polar surface area (TPSA) is 69.5 Å². The molecular weight excluding hydrogens is 213 g/mol. The van der Waals surface area contributed by atoms with Crippen LogP contribution in [0.4, 0.5) is 10.3 Å². The van der Waals surface area contributed by atoms with E-state index in [-0.39, 0.29) is 12.5 Å². The zero-order valence-corrected chi connectivity index (χ0v) is 8.75. The van der Waals surface area contributed by atoms with E-state index in [0.29, 0.717) is 25.5 Å². The first-order chi connectivity index (χ1) is 7.70. The second-order valence-electron chi connectivity index (χ2n) is 3.95. The Morgan fingerprint density at radius 2 is 2.12 bits per heavy atom. The fourth-order valence-electron chi connectivity index (χ4n) is 1.84. The molecule has 2 N–H and O–H groups in total. The maximum atomic E-state index is 12.6. The van der Waals surface area contributed by atoms with Gasteiger partial charge in [0.1, 0.15) is 0 Å². The molecule has 0 saturated carbocycles. The molecule has 0 aliphatic carbocycles. The van der Waals surface area contributed by atoms with Crippen LogP contribution in [0.15, 0.2) is 12.4 Å². The number of halogens is 1. The Balaban J connectivity index is 2.04. The molecule has 1 aliphatic heterocycles. The molecule has 1 aromatic heterocycles. The van der Waals surface area contributed by atoms with E-state index >= 15 is 0 Å². The Kier molecular flexibility index (Phi) is 3.31. The van der Waals surface area contributed by atoms with Crippen LogP contribution in [0.2, 0.25) is 0 Å². The molecule has 2 atom stereocenters. The number of aliphatic hydroxyl groups is 2. The van der Waals surface area contributed by atoms with E-state index in [4.69, 9.17) is 5.11 Å². The number of aromatic nitrogens is 2. The van der Waals surface area contributed by atoms with Gasteiger partial charge in [-0.1, -0.05) is 0 Å². The number of piperidine rings is 1. The van der Waals surface area contributed by atoms with Crippen LogP contribution >= 0.6 is 0 Å². The highest BCUT2D eigenvalue weighted by molar-refractivity contribution is 5.29. The number of aliphatic hydroxyl groups excluding tert-OH is 2.